The van der Waals surface area contributed by atoms with Crippen LogP contribution < -0.4 is 15.0 Å². The van der Waals surface area contributed by atoms with Crippen molar-refractivity contribution in [2.24, 2.45) is 0 Å². The van der Waals surface area contributed by atoms with Crippen molar-refractivity contribution in [3.05, 3.63) is 64.7 Å². The van der Waals surface area contributed by atoms with Crippen LogP contribution in [0.15, 0.2) is 42.7 Å². The number of nitrogens with one attached hydrogen (secondary N) is 1. The molecule has 1 spiro atoms. The normalized spacial score (nSPS) is 17.8. The van der Waals surface area contributed by atoms with E-state index in [0.717, 1.165) is 50.2 Å². The van der Waals surface area contributed by atoms with Gasteiger partial charge in [-0.25, -0.2) is 9.37 Å². The quantitative estimate of drug-likeness (QED) is 0.290. The number of anilines is 2. The number of hydrogen-bond donors (Lipinski definition) is 1. The number of ether oxygens (including phenoxy) is 2. The number of pyridine rings is 2. The Kier molecular flexibility index (Phi) is 9.26. The number of nitrogens with zero attached hydrogens (tertiary/aromatic N) is 4. The topological polar surface area (TPSA) is 79.8 Å². The van der Waals surface area contributed by atoms with Crippen LogP contribution >= 0.6 is 11.6 Å². The minimum Gasteiger partial charge on any atom is -0.485 e. The molecule has 13 heteroatoms. The largest absolute Gasteiger partial charge is 0.485 e. The van der Waals surface area contributed by atoms with Crippen LogP contribution in [0.1, 0.15) is 30.4 Å². The lowest BCUT2D eigenvalue weighted by molar-refractivity contribution is -0.137. The Morgan fingerprint density at radius 3 is 2.37 bits per heavy atom. The molecule has 1 amide bonds. The van der Waals surface area contributed by atoms with Crippen LogP contribution in [0.3, 0.4) is 0 Å². The molecule has 6 rings (SSSR count). The molecule has 1 aromatic carbocycles. The fourth-order valence-electron chi connectivity index (χ4n) is 5.43. The zero-order valence-electron chi connectivity index (χ0n) is 23.6. The van der Waals surface area contributed by atoms with Gasteiger partial charge in [0.25, 0.3) is 0 Å². The van der Waals surface area contributed by atoms with Crippen LogP contribution in [0.4, 0.5) is 29.1 Å². The van der Waals surface area contributed by atoms with Gasteiger partial charge in [-0.15, -0.1) is 0 Å². The van der Waals surface area contributed by atoms with Crippen molar-refractivity contribution >= 4 is 29.5 Å². The Morgan fingerprint density at radius 2 is 1.77 bits per heavy atom. The van der Waals surface area contributed by atoms with E-state index in [1.165, 1.54) is 6.07 Å². The van der Waals surface area contributed by atoms with Crippen molar-refractivity contribution in [3.8, 4) is 17.0 Å². The lowest BCUT2D eigenvalue weighted by atomic mass is 9.83. The number of amides is 1. The first-order chi connectivity index (χ1) is 20.6. The summed E-state index contributed by atoms with van der Waals surface area (Å²) in [5.41, 5.74) is 1.59. The molecule has 230 valence electrons. The second-order valence-electron chi connectivity index (χ2n) is 10.7. The van der Waals surface area contributed by atoms with E-state index in [2.05, 4.69) is 15.3 Å². The van der Waals surface area contributed by atoms with Gasteiger partial charge in [0.15, 0.2) is 0 Å². The Hall–Kier alpha value is -3.64. The number of hydrogen-bond acceptors (Lipinski definition) is 7. The molecule has 5 heterocycles. The molecule has 3 aliphatic rings. The summed E-state index contributed by atoms with van der Waals surface area (Å²) >= 11 is 6.13. The summed E-state index contributed by atoms with van der Waals surface area (Å²) < 4.78 is 64.4. The maximum absolute atomic E-state index is 14.2. The standard InChI is InChI=1S/C25H23ClF4N4O.C5H9NO2/c1-31-20-3-2-15(10-19(20)27)21-11-16-4-5-24(35-22(16)14-32-21)6-8-34(9-7-24)23-18(26)12-17(13-33-23)25(28,29)30;7-5-6-1-3-8-4-2-6/h2-3,10-14,31H,4-9H2,1H3;5H,1-4H2. The van der Waals surface area contributed by atoms with E-state index >= 15 is 0 Å². The van der Waals surface area contributed by atoms with Crippen molar-refractivity contribution in [3.63, 3.8) is 0 Å². The highest BCUT2D eigenvalue weighted by molar-refractivity contribution is 6.33. The summed E-state index contributed by atoms with van der Waals surface area (Å²) in [5.74, 6) is 0.731. The molecule has 3 aromatic rings. The second kappa shape index (κ2) is 12.9. The van der Waals surface area contributed by atoms with E-state index in [4.69, 9.17) is 21.1 Å². The van der Waals surface area contributed by atoms with E-state index in [-0.39, 0.29) is 16.4 Å². The number of piperidine rings is 1. The van der Waals surface area contributed by atoms with Crippen LogP contribution in [0.25, 0.3) is 11.3 Å². The molecule has 2 fully saturated rings. The number of aromatic nitrogens is 2. The summed E-state index contributed by atoms with van der Waals surface area (Å²) in [4.78, 5) is 22.1. The number of halogens is 5. The van der Waals surface area contributed by atoms with Crippen LogP contribution in [-0.4, -0.2) is 73.3 Å². The Labute approximate surface area is 252 Å². The van der Waals surface area contributed by atoms with Crippen LogP contribution in [-0.2, 0) is 22.1 Å². The average Bonchev–Trinajstić information content (AvgIpc) is 3.01. The first-order valence-corrected chi connectivity index (χ1v) is 14.4. The number of rotatable bonds is 4. The summed E-state index contributed by atoms with van der Waals surface area (Å²) in [7, 11) is 1.67. The number of carbonyl (C=O) groups excluding carboxylic acids is 1. The molecule has 3 aliphatic heterocycles. The zero-order valence-corrected chi connectivity index (χ0v) is 24.3. The monoisotopic (exact) mass is 621 g/mol. The molecule has 43 heavy (non-hydrogen) atoms. The Bertz CT molecular complexity index is 1440. The molecule has 0 radical (unpaired) electrons. The highest BCUT2D eigenvalue weighted by Crippen LogP contribution is 2.42. The van der Waals surface area contributed by atoms with Gasteiger partial charge in [-0.05, 0) is 42.7 Å². The summed E-state index contributed by atoms with van der Waals surface area (Å²) in [5, 5.41) is 2.79. The molecule has 0 aliphatic carbocycles. The van der Waals surface area contributed by atoms with E-state index in [9.17, 15) is 22.4 Å². The van der Waals surface area contributed by atoms with Gasteiger partial charge in [0.1, 0.15) is 23.0 Å². The molecular weight excluding hydrogens is 590 g/mol. The first kappa shape index (κ1) is 30.8. The van der Waals surface area contributed by atoms with Gasteiger partial charge in [0.05, 0.1) is 41.4 Å². The number of carbonyl (C=O) groups is 1. The van der Waals surface area contributed by atoms with Crippen molar-refractivity contribution in [1.29, 1.82) is 0 Å². The lowest BCUT2D eigenvalue weighted by Gasteiger charge is -2.45. The Morgan fingerprint density at radius 1 is 1.02 bits per heavy atom. The predicted molar refractivity (Wildman–Crippen MR) is 155 cm³/mol. The van der Waals surface area contributed by atoms with Crippen molar-refractivity contribution in [2.45, 2.75) is 37.5 Å². The lowest BCUT2D eigenvalue weighted by Crippen LogP contribution is -2.50. The van der Waals surface area contributed by atoms with Crippen LogP contribution in [0, 0.1) is 5.82 Å². The highest BCUT2D eigenvalue weighted by Gasteiger charge is 2.40. The van der Waals surface area contributed by atoms with Gasteiger partial charge in [0.2, 0.25) is 6.41 Å². The maximum Gasteiger partial charge on any atom is 0.417 e. The van der Waals surface area contributed by atoms with Crippen LogP contribution in [0.5, 0.6) is 5.75 Å². The number of morpholine rings is 1. The van der Waals surface area contributed by atoms with E-state index in [1.54, 1.807) is 24.2 Å². The zero-order chi connectivity index (χ0) is 30.6. The highest BCUT2D eigenvalue weighted by atomic mass is 35.5. The van der Waals surface area contributed by atoms with Crippen molar-refractivity contribution in [1.82, 2.24) is 14.9 Å². The minimum absolute atomic E-state index is 0.0124. The summed E-state index contributed by atoms with van der Waals surface area (Å²) in [6.07, 6.45) is 1.86. The first-order valence-electron chi connectivity index (χ1n) is 14.0. The predicted octanol–water partition coefficient (Wildman–Crippen LogP) is 5.84. The third-order valence-electron chi connectivity index (χ3n) is 7.98. The van der Waals surface area contributed by atoms with Gasteiger partial charge in [-0.3, -0.25) is 9.78 Å². The van der Waals surface area contributed by atoms with E-state index in [1.807, 2.05) is 17.0 Å². The van der Waals surface area contributed by atoms with Gasteiger partial charge in [-0.1, -0.05) is 17.7 Å². The van der Waals surface area contributed by atoms with E-state index in [0.29, 0.717) is 67.7 Å². The van der Waals surface area contributed by atoms with Crippen LogP contribution in [0.2, 0.25) is 5.02 Å². The molecule has 1 N–H and O–H groups in total. The third-order valence-corrected chi connectivity index (χ3v) is 8.26. The number of alkyl halides is 3. The molecule has 8 nitrogen and oxygen atoms in total. The molecular formula is C30H32ClF4N5O3. The number of aryl methyl sites for hydroxylation is 1. The third kappa shape index (κ3) is 7.13. The average molecular weight is 622 g/mol. The SMILES string of the molecule is CNc1ccc(-c2cc3c(cn2)OC2(CC3)CCN(c3ncc(C(F)(F)F)cc3Cl)CC2)cc1F.O=CN1CCOCC1. The molecule has 2 saturated heterocycles. The second-order valence-corrected chi connectivity index (χ2v) is 11.1. The number of fused-ring (bicyclic) bond motifs is 1. The van der Waals surface area contributed by atoms with Gasteiger partial charge >= 0.3 is 6.18 Å². The smallest absolute Gasteiger partial charge is 0.417 e. The fourth-order valence-corrected chi connectivity index (χ4v) is 5.72. The van der Waals surface area contributed by atoms with Gasteiger partial charge in [-0.2, -0.15) is 13.2 Å². The summed E-state index contributed by atoms with van der Waals surface area (Å²) in [6.45, 7) is 4.02. The molecule has 0 unspecified atom stereocenters. The molecule has 0 saturated carbocycles. The fraction of sp³-hybridized carbons (Fsp3) is 0.433. The maximum atomic E-state index is 14.2. The van der Waals surface area contributed by atoms with Gasteiger partial charge < -0.3 is 24.6 Å². The Balaban J connectivity index is 0.000000400. The van der Waals surface area contributed by atoms with E-state index < -0.39 is 11.7 Å². The van der Waals surface area contributed by atoms with Crippen molar-refractivity contribution in [2.75, 3.05) is 56.7 Å². The minimum atomic E-state index is -4.48. The molecule has 0 atom stereocenters. The summed E-state index contributed by atoms with van der Waals surface area (Å²) in [6, 6.07) is 7.83. The molecule has 0 bridgehead atoms. The van der Waals surface area contributed by atoms with Gasteiger partial charge in [0, 0.05) is 57.8 Å². The molecule has 2 aromatic heterocycles. The van der Waals surface area contributed by atoms with Crippen molar-refractivity contribution < 1.29 is 31.8 Å². The number of benzene rings is 1.